The molecule has 1 unspecified atom stereocenters. The van der Waals surface area contributed by atoms with E-state index in [-0.39, 0.29) is 24.2 Å². The Kier molecular flexibility index (Phi) is 7.01. The molecular weight excluding hydrogens is 346 g/mol. The molecule has 7 nitrogen and oxygen atoms in total. The highest BCUT2D eigenvalue weighted by atomic mass is 16.5. The van der Waals surface area contributed by atoms with Crippen molar-refractivity contribution in [3.8, 4) is 5.75 Å². The summed E-state index contributed by atoms with van der Waals surface area (Å²) in [6.07, 6.45) is 2.21. The van der Waals surface area contributed by atoms with Crippen molar-refractivity contribution in [2.75, 3.05) is 18.5 Å². The molecule has 1 aromatic heterocycles. The summed E-state index contributed by atoms with van der Waals surface area (Å²) in [5.41, 5.74) is 5.89. The molecule has 0 saturated carbocycles. The fraction of sp³-hybridized carbons (Fsp3) is 0.400. The minimum Gasteiger partial charge on any atom is -0.484 e. The highest BCUT2D eigenvalue weighted by Gasteiger charge is 2.25. The maximum absolute atomic E-state index is 12.2. The lowest BCUT2D eigenvalue weighted by molar-refractivity contribution is -0.125. The van der Waals surface area contributed by atoms with Crippen LogP contribution in [-0.4, -0.2) is 30.5 Å². The van der Waals surface area contributed by atoms with Crippen LogP contribution in [0.4, 0.5) is 5.69 Å². The lowest BCUT2D eigenvalue weighted by Crippen LogP contribution is -2.53. The molecule has 0 saturated heterocycles. The van der Waals surface area contributed by atoms with E-state index in [1.165, 1.54) is 6.26 Å². The summed E-state index contributed by atoms with van der Waals surface area (Å²) in [5, 5.41) is 5.65. The lowest BCUT2D eigenvalue weighted by atomic mass is 9.91. The minimum atomic E-state index is -0.465. The molecule has 1 heterocycles. The van der Waals surface area contributed by atoms with Crippen LogP contribution in [0.25, 0.3) is 0 Å². The Labute approximate surface area is 159 Å². The first-order valence-corrected chi connectivity index (χ1v) is 8.90. The molecule has 27 heavy (non-hydrogen) atoms. The molecule has 2 aromatic rings. The van der Waals surface area contributed by atoms with Gasteiger partial charge in [-0.3, -0.25) is 9.59 Å². The highest BCUT2D eigenvalue weighted by Crippen LogP contribution is 2.19. The fourth-order valence-corrected chi connectivity index (χ4v) is 2.87. The normalized spacial score (nSPS) is 13.1. The SMILES string of the molecule is CC(C)CC(C)(CN)NC(=O)COc1cccc(NC(=O)c2ccco2)c1. The van der Waals surface area contributed by atoms with Crippen LogP contribution in [0.2, 0.25) is 0 Å². The van der Waals surface area contributed by atoms with E-state index >= 15 is 0 Å². The van der Waals surface area contributed by atoms with Crippen LogP contribution in [0, 0.1) is 5.92 Å². The van der Waals surface area contributed by atoms with Gasteiger partial charge in [-0.25, -0.2) is 0 Å². The van der Waals surface area contributed by atoms with Crippen molar-refractivity contribution in [3.63, 3.8) is 0 Å². The monoisotopic (exact) mass is 373 g/mol. The van der Waals surface area contributed by atoms with Gasteiger partial charge in [0.1, 0.15) is 5.75 Å². The van der Waals surface area contributed by atoms with Crippen LogP contribution >= 0.6 is 0 Å². The second-order valence-corrected chi connectivity index (χ2v) is 7.16. The molecule has 0 spiro atoms. The van der Waals surface area contributed by atoms with Crippen LogP contribution in [-0.2, 0) is 4.79 Å². The number of furan rings is 1. The Morgan fingerprint density at radius 2 is 2.04 bits per heavy atom. The van der Waals surface area contributed by atoms with E-state index in [0.717, 1.165) is 6.42 Å². The Hall–Kier alpha value is -2.80. The number of hydrogen-bond acceptors (Lipinski definition) is 5. The molecule has 0 aliphatic heterocycles. The largest absolute Gasteiger partial charge is 0.484 e. The van der Waals surface area contributed by atoms with Crippen molar-refractivity contribution in [3.05, 3.63) is 48.4 Å². The van der Waals surface area contributed by atoms with Gasteiger partial charge in [0.05, 0.1) is 6.26 Å². The predicted molar refractivity (Wildman–Crippen MR) is 104 cm³/mol. The van der Waals surface area contributed by atoms with Gasteiger partial charge >= 0.3 is 0 Å². The summed E-state index contributed by atoms with van der Waals surface area (Å²) >= 11 is 0. The smallest absolute Gasteiger partial charge is 0.291 e. The fourth-order valence-electron chi connectivity index (χ4n) is 2.87. The molecular formula is C20H27N3O4. The highest BCUT2D eigenvalue weighted by molar-refractivity contribution is 6.02. The Morgan fingerprint density at radius 1 is 1.26 bits per heavy atom. The van der Waals surface area contributed by atoms with Crippen LogP contribution < -0.4 is 21.1 Å². The van der Waals surface area contributed by atoms with Crippen molar-refractivity contribution in [1.82, 2.24) is 5.32 Å². The number of carbonyl (C=O) groups is 2. The van der Waals surface area contributed by atoms with Crippen molar-refractivity contribution < 1.29 is 18.7 Å². The van der Waals surface area contributed by atoms with Gasteiger partial charge in [-0.1, -0.05) is 19.9 Å². The molecule has 0 aliphatic carbocycles. The van der Waals surface area contributed by atoms with Crippen molar-refractivity contribution in [2.24, 2.45) is 11.7 Å². The zero-order chi connectivity index (χ0) is 19.9. The summed E-state index contributed by atoms with van der Waals surface area (Å²) in [4.78, 5) is 24.2. The minimum absolute atomic E-state index is 0.136. The molecule has 1 aromatic carbocycles. The number of nitrogens with one attached hydrogen (secondary N) is 2. The number of anilines is 1. The predicted octanol–water partition coefficient (Wildman–Crippen LogP) is 2.79. The first-order chi connectivity index (χ1) is 12.8. The summed E-state index contributed by atoms with van der Waals surface area (Å²) in [7, 11) is 0. The third-order valence-electron chi connectivity index (χ3n) is 3.96. The second kappa shape index (κ2) is 9.23. The molecule has 2 rings (SSSR count). The van der Waals surface area contributed by atoms with Crippen molar-refractivity contribution in [2.45, 2.75) is 32.7 Å². The van der Waals surface area contributed by atoms with E-state index < -0.39 is 5.54 Å². The summed E-state index contributed by atoms with van der Waals surface area (Å²) in [6, 6.07) is 10.0. The average molecular weight is 373 g/mol. The molecule has 1 atom stereocenters. The third kappa shape index (κ3) is 6.45. The molecule has 146 valence electrons. The molecule has 0 radical (unpaired) electrons. The number of ether oxygens (including phenoxy) is 1. The lowest BCUT2D eigenvalue weighted by Gasteiger charge is -2.31. The van der Waals surface area contributed by atoms with Crippen LogP contribution in [0.15, 0.2) is 47.1 Å². The summed E-state index contributed by atoms with van der Waals surface area (Å²) in [6.45, 7) is 6.31. The van der Waals surface area contributed by atoms with Crippen molar-refractivity contribution in [1.29, 1.82) is 0 Å². The van der Waals surface area contributed by atoms with E-state index in [9.17, 15) is 9.59 Å². The Balaban J connectivity index is 1.90. The van der Waals surface area contributed by atoms with Gasteiger partial charge < -0.3 is 25.5 Å². The third-order valence-corrected chi connectivity index (χ3v) is 3.96. The first kappa shape index (κ1) is 20.5. The van der Waals surface area contributed by atoms with Crippen LogP contribution in [0.5, 0.6) is 5.75 Å². The molecule has 2 amide bonds. The zero-order valence-corrected chi connectivity index (χ0v) is 16.0. The maximum Gasteiger partial charge on any atom is 0.291 e. The standard InChI is InChI=1S/C20H27N3O4/c1-14(2)11-20(3,13-21)23-18(24)12-27-16-7-4-6-15(10-16)22-19(25)17-8-5-9-26-17/h4-10,14H,11-13,21H2,1-3H3,(H,22,25)(H,23,24). The molecule has 0 fully saturated rings. The molecule has 4 N–H and O–H groups in total. The van der Waals surface area contributed by atoms with Gasteiger partial charge in [-0.2, -0.15) is 0 Å². The number of benzene rings is 1. The van der Waals surface area contributed by atoms with E-state index in [1.807, 2.05) is 6.92 Å². The van der Waals surface area contributed by atoms with E-state index in [2.05, 4.69) is 24.5 Å². The molecule has 7 heteroatoms. The first-order valence-electron chi connectivity index (χ1n) is 8.90. The number of nitrogens with two attached hydrogens (primary N) is 1. The quantitative estimate of drug-likeness (QED) is 0.627. The Bertz CT molecular complexity index is 758. The van der Waals surface area contributed by atoms with Gasteiger partial charge in [0, 0.05) is 23.8 Å². The summed E-state index contributed by atoms with van der Waals surface area (Å²) in [5.74, 6) is 0.498. The van der Waals surface area contributed by atoms with Gasteiger partial charge in [0.15, 0.2) is 12.4 Å². The topological polar surface area (TPSA) is 107 Å². The Morgan fingerprint density at radius 3 is 2.67 bits per heavy atom. The van der Waals surface area contributed by atoms with Gasteiger partial charge in [0.2, 0.25) is 0 Å². The van der Waals surface area contributed by atoms with Crippen LogP contribution in [0.3, 0.4) is 0 Å². The number of rotatable bonds is 9. The zero-order valence-electron chi connectivity index (χ0n) is 16.0. The molecule has 0 bridgehead atoms. The van der Waals surface area contributed by atoms with Crippen LogP contribution in [0.1, 0.15) is 37.7 Å². The molecule has 0 aliphatic rings. The van der Waals surface area contributed by atoms with Gasteiger partial charge in [-0.05, 0) is 43.5 Å². The van der Waals surface area contributed by atoms with Crippen molar-refractivity contribution >= 4 is 17.5 Å². The van der Waals surface area contributed by atoms with Gasteiger partial charge in [-0.15, -0.1) is 0 Å². The second-order valence-electron chi connectivity index (χ2n) is 7.16. The number of hydrogen-bond donors (Lipinski definition) is 3. The van der Waals surface area contributed by atoms with Gasteiger partial charge in [0.25, 0.3) is 11.8 Å². The number of carbonyl (C=O) groups excluding carboxylic acids is 2. The van der Waals surface area contributed by atoms with E-state index in [4.69, 9.17) is 14.9 Å². The number of amides is 2. The summed E-state index contributed by atoms with van der Waals surface area (Å²) < 4.78 is 10.6. The van der Waals surface area contributed by atoms with E-state index in [1.54, 1.807) is 36.4 Å². The van der Waals surface area contributed by atoms with E-state index in [0.29, 0.717) is 23.9 Å². The maximum atomic E-state index is 12.2. The average Bonchev–Trinajstić information content (AvgIpc) is 3.14.